The van der Waals surface area contributed by atoms with Crippen molar-refractivity contribution in [3.8, 4) is 11.5 Å². The number of phenols is 1. The van der Waals surface area contributed by atoms with Crippen LogP contribution in [0.25, 0.3) is 6.08 Å². The number of hydrogen-bond acceptors (Lipinski definition) is 6. The van der Waals surface area contributed by atoms with Crippen molar-refractivity contribution in [2.45, 2.75) is 0 Å². The lowest BCUT2D eigenvalue weighted by Gasteiger charge is -2.14. The molecule has 1 aliphatic rings. The molecule has 2 aromatic rings. The van der Waals surface area contributed by atoms with Crippen LogP contribution >= 0.6 is 24.0 Å². The predicted molar refractivity (Wildman–Crippen MR) is 110 cm³/mol. The van der Waals surface area contributed by atoms with Gasteiger partial charge in [-0.1, -0.05) is 48.2 Å². The molecule has 0 atom stereocenters. The van der Waals surface area contributed by atoms with E-state index in [2.05, 4.69) is 5.32 Å². The zero-order chi connectivity index (χ0) is 19.4. The fraction of sp³-hybridized carbons (Fsp3) is 0.105. The number of thiocarbonyl (C=S) groups is 1. The summed E-state index contributed by atoms with van der Waals surface area (Å²) < 4.78 is 5.42. The van der Waals surface area contributed by atoms with Gasteiger partial charge in [0.2, 0.25) is 5.91 Å². The first-order valence-corrected chi connectivity index (χ1v) is 9.17. The van der Waals surface area contributed by atoms with E-state index in [0.717, 1.165) is 23.1 Å². The van der Waals surface area contributed by atoms with Crippen molar-refractivity contribution in [3.63, 3.8) is 0 Å². The van der Waals surface area contributed by atoms with E-state index in [1.54, 1.807) is 43.5 Å². The van der Waals surface area contributed by atoms with E-state index in [9.17, 15) is 14.7 Å². The van der Waals surface area contributed by atoms with Gasteiger partial charge in [0, 0.05) is 0 Å². The average molecular weight is 400 g/mol. The Bertz CT molecular complexity index is 926. The Morgan fingerprint density at radius 1 is 1.26 bits per heavy atom. The van der Waals surface area contributed by atoms with E-state index < -0.39 is 5.91 Å². The summed E-state index contributed by atoms with van der Waals surface area (Å²) in [5.41, 5.74) is 1.11. The summed E-state index contributed by atoms with van der Waals surface area (Å²) in [5, 5.41) is 12.3. The third-order valence-electron chi connectivity index (χ3n) is 3.77. The lowest BCUT2D eigenvalue weighted by molar-refractivity contribution is -0.126. The van der Waals surface area contributed by atoms with Gasteiger partial charge < -0.3 is 15.2 Å². The number of nitrogens with zero attached hydrogens (tertiary/aromatic N) is 1. The van der Waals surface area contributed by atoms with Crippen molar-refractivity contribution < 1.29 is 19.4 Å². The summed E-state index contributed by atoms with van der Waals surface area (Å²) >= 11 is 6.38. The van der Waals surface area contributed by atoms with Gasteiger partial charge in [0.25, 0.3) is 5.91 Å². The van der Waals surface area contributed by atoms with E-state index in [0.29, 0.717) is 9.23 Å². The number of anilines is 1. The van der Waals surface area contributed by atoms with Crippen LogP contribution in [0, 0.1) is 0 Å². The predicted octanol–water partition coefficient (Wildman–Crippen LogP) is 3.24. The number of methoxy groups -OCH3 is 1. The van der Waals surface area contributed by atoms with Gasteiger partial charge in [-0.3, -0.25) is 14.5 Å². The summed E-state index contributed by atoms with van der Waals surface area (Å²) in [5.74, 6) is -0.0945. The van der Waals surface area contributed by atoms with Crippen LogP contribution in [0.4, 0.5) is 5.69 Å². The molecule has 1 saturated heterocycles. The van der Waals surface area contributed by atoms with Gasteiger partial charge in [0.05, 0.1) is 17.7 Å². The second-order valence-electron chi connectivity index (χ2n) is 5.61. The fourth-order valence-electron chi connectivity index (χ4n) is 2.40. The molecule has 138 valence electrons. The van der Waals surface area contributed by atoms with Crippen LogP contribution in [-0.2, 0) is 9.59 Å². The highest BCUT2D eigenvalue weighted by molar-refractivity contribution is 8.26. The molecule has 2 amide bonds. The van der Waals surface area contributed by atoms with Crippen LogP contribution in [0.15, 0.2) is 53.4 Å². The highest BCUT2D eigenvalue weighted by Crippen LogP contribution is 2.32. The number of hydrogen-bond donors (Lipinski definition) is 2. The molecule has 27 heavy (non-hydrogen) atoms. The zero-order valence-electron chi connectivity index (χ0n) is 14.3. The van der Waals surface area contributed by atoms with Crippen molar-refractivity contribution in [2.75, 3.05) is 19.0 Å². The minimum atomic E-state index is -0.446. The van der Waals surface area contributed by atoms with Gasteiger partial charge in [-0.05, 0) is 35.9 Å². The van der Waals surface area contributed by atoms with Crippen LogP contribution < -0.4 is 10.1 Å². The summed E-state index contributed by atoms with van der Waals surface area (Å²) in [6.07, 6.45) is 1.72. The van der Waals surface area contributed by atoms with Crippen molar-refractivity contribution >= 4 is 51.9 Å². The Morgan fingerprint density at radius 3 is 2.63 bits per heavy atom. The number of aromatic hydroxyl groups is 1. The molecule has 2 N–H and O–H groups in total. The maximum atomic E-state index is 12.6. The van der Waals surface area contributed by atoms with Gasteiger partial charge >= 0.3 is 0 Å². The van der Waals surface area contributed by atoms with Crippen molar-refractivity contribution in [1.82, 2.24) is 4.90 Å². The lowest BCUT2D eigenvalue weighted by Crippen LogP contribution is -2.36. The number of carbonyl (C=O) groups is 2. The molecular weight excluding hydrogens is 384 g/mol. The van der Waals surface area contributed by atoms with Crippen LogP contribution in [-0.4, -0.2) is 39.8 Å². The summed E-state index contributed by atoms with van der Waals surface area (Å²) in [6, 6.07) is 13.6. The highest BCUT2D eigenvalue weighted by atomic mass is 32.2. The monoisotopic (exact) mass is 400 g/mol. The van der Waals surface area contributed by atoms with E-state index in [-0.39, 0.29) is 23.9 Å². The summed E-state index contributed by atoms with van der Waals surface area (Å²) in [6.45, 7) is -0.223. The van der Waals surface area contributed by atoms with Gasteiger partial charge in [-0.15, -0.1) is 0 Å². The molecule has 3 rings (SSSR count). The molecule has 0 aliphatic carbocycles. The van der Waals surface area contributed by atoms with E-state index in [1.165, 1.54) is 11.0 Å². The smallest absolute Gasteiger partial charge is 0.266 e. The maximum absolute atomic E-state index is 12.6. The Morgan fingerprint density at radius 2 is 1.96 bits per heavy atom. The first kappa shape index (κ1) is 18.9. The van der Waals surface area contributed by atoms with Crippen molar-refractivity contribution in [1.29, 1.82) is 0 Å². The van der Waals surface area contributed by atoms with Crippen LogP contribution in [0.5, 0.6) is 11.5 Å². The number of nitrogens with one attached hydrogen (secondary N) is 1. The quantitative estimate of drug-likeness (QED) is 0.456. The number of phenolic OH excluding ortho intramolecular Hbond substituents is 1. The van der Waals surface area contributed by atoms with Crippen molar-refractivity contribution in [3.05, 3.63) is 59.0 Å². The molecular formula is C19H16N2O4S2. The molecule has 1 aliphatic heterocycles. The summed E-state index contributed by atoms with van der Waals surface area (Å²) in [7, 11) is 1.58. The number of benzene rings is 2. The van der Waals surface area contributed by atoms with Crippen LogP contribution in [0.1, 0.15) is 5.56 Å². The third-order valence-corrected chi connectivity index (χ3v) is 5.14. The molecule has 2 aromatic carbocycles. The molecule has 8 heteroatoms. The minimum absolute atomic E-state index is 0.0457. The van der Waals surface area contributed by atoms with Crippen LogP contribution in [0.3, 0.4) is 0 Å². The molecule has 1 heterocycles. The number of para-hydroxylation sites is 2. The molecule has 0 aromatic heterocycles. The van der Waals surface area contributed by atoms with Gasteiger partial charge in [-0.2, -0.15) is 0 Å². The SMILES string of the molecule is COc1ccc(C=C2SC(=S)N(CC(=O)Nc3ccccc3O)C2=O)cc1. The van der Waals surface area contributed by atoms with Gasteiger partial charge in [-0.25, -0.2) is 0 Å². The number of thioether (sulfide) groups is 1. The van der Waals surface area contributed by atoms with Gasteiger partial charge in [0.1, 0.15) is 22.4 Å². The average Bonchev–Trinajstić information content (AvgIpc) is 2.91. The lowest BCUT2D eigenvalue weighted by atomic mass is 10.2. The maximum Gasteiger partial charge on any atom is 0.266 e. The normalized spacial score (nSPS) is 15.3. The Balaban J connectivity index is 1.69. The Labute approximate surface area is 165 Å². The Kier molecular flexibility index (Phi) is 5.78. The highest BCUT2D eigenvalue weighted by Gasteiger charge is 2.33. The molecule has 1 fully saturated rings. The molecule has 0 saturated carbocycles. The Hall–Kier alpha value is -2.84. The first-order valence-electron chi connectivity index (χ1n) is 7.95. The molecule has 0 spiro atoms. The number of carbonyl (C=O) groups excluding carboxylic acids is 2. The topological polar surface area (TPSA) is 78.9 Å². The van der Waals surface area contributed by atoms with Crippen LogP contribution in [0.2, 0.25) is 0 Å². The third kappa shape index (κ3) is 4.47. The second kappa shape index (κ2) is 8.24. The molecule has 0 bridgehead atoms. The van der Waals surface area contributed by atoms with E-state index in [1.807, 2.05) is 12.1 Å². The minimum Gasteiger partial charge on any atom is -0.506 e. The zero-order valence-corrected chi connectivity index (χ0v) is 16.0. The van der Waals surface area contributed by atoms with Gasteiger partial charge in [0.15, 0.2) is 0 Å². The standard InChI is InChI=1S/C19H16N2O4S2/c1-25-13-8-6-12(7-9-13)10-16-18(24)21(19(26)27-16)11-17(23)20-14-4-2-3-5-15(14)22/h2-10,22H,11H2,1H3,(H,20,23). The molecule has 0 radical (unpaired) electrons. The number of amides is 2. The van der Waals surface area contributed by atoms with E-state index >= 15 is 0 Å². The second-order valence-corrected chi connectivity index (χ2v) is 7.28. The first-order chi connectivity index (χ1) is 13.0. The number of rotatable bonds is 5. The fourth-order valence-corrected chi connectivity index (χ4v) is 3.66. The summed E-state index contributed by atoms with van der Waals surface area (Å²) in [4.78, 5) is 26.5. The molecule has 6 nitrogen and oxygen atoms in total. The van der Waals surface area contributed by atoms with E-state index in [4.69, 9.17) is 17.0 Å². The molecule has 0 unspecified atom stereocenters. The largest absolute Gasteiger partial charge is 0.506 e. The number of ether oxygens (including phenoxy) is 1. The van der Waals surface area contributed by atoms with Crippen molar-refractivity contribution in [2.24, 2.45) is 0 Å².